The summed E-state index contributed by atoms with van der Waals surface area (Å²) >= 11 is 5.80. The number of likely N-dealkylation sites (N-methyl/N-ethyl adjacent to an activating group) is 1. The van der Waals surface area contributed by atoms with Crippen molar-refractivity contribution in [2.45, 2.75) is 12.2 Å². The van der Waals surface area contributed by atoms with Gasteiger partial charge in [0.1, 0.15) is 18.5 Å². The van der Waals surface area contributed by atoms with E-state index in [9.17, 15) is 5.11 Å². The molecular weight excluding hydrogens is 292 g/mol. The smallest absolute Gasteiger partial charge is 0.119 e. The molecule has 1 fully saturated rings. The van der Waals surface area contributed by atoms with Gasteiger partial charge in [0.05, 0.1) is 12.7 Å². The molecule has 1 aliphatic heterocycles. The highest BCUT2D eigenvalue weighted by atomic mass is 35.5. The number of halogens is 1. The second-order valence-electron chi connectivity index (χ2n) is 5.33. The fraction of sp³-hybridized carbons (Fsp3) is 0.600. The van der Waals surface area contributed by atoms with E-state index in [0.717, 1.165) is 26.2 Å². The van der Waals surface area contributed by atoms with Gasteiger partial charge in [-0.3, -0.25) is 0 Å². The summed E-state index contributed by atoms with van der Waals surface area (Å²) in [6.07, 6.45) is -0.366. The van der Waals surface area contributed by atoms with Gasteiger partial charge in [0, 0.05) is 31.2 Å². The molecule has 0 radical (unpaired) electrons. The number of morpholine rings is 1. The van der Waals surface area contributed by atoms with Gasteiger partial charge in [-0.1, -0.05) is 11.6 Å². The molecule has 1 saturated heterocycles. The molecular formula is C15H23ClN2O3. The molecule has 5 nitrogen and oxygen atoms in total. The zero-order valence-corrected chi connectivity index (χ0v) is 13.1. The van der Waals surface area contributed by atoms with Crippen molar-refractivity contribution in [2.75, 3.05) is 46.4 Å². The van der Waals surface area contributed by atoms with Crippen molar-refractivity contribution >= 4 is 11.6 Å². The number of rotatable bonds is 7. The molecule has 1 aliphatic rings. The molecule has 2 atom stereocenters. The van der Waals surface area contributed by atoms with Gasteiger partial charge in [-0.15, -0.1) is 0 Å². The lowest BCUT2D eigenvalue weighted by molar-refractivity contribution is -0.0196. The highest BCUT2D eigenvalue weighted by Crippen LogP contribution is 2.15. The highest BCUT2D eigenvalue weighted by molar-refractivity contribution is 6.30. The summed E-state index contributed by atoms with van der Waals surface area (Å²) in [6.45, 7) is 4.14. The molecule has 21 heavy (non-hydrogen) atoms. The van der Waals surface area contributed by atoms with Crippen LogP contribution in [-0.4, -0.2) is 68.7 Å². The van der Waals surface area contributed by atoms with E-state index in [0.29, 0.717) is 17.3 Å². The van der Waals surface area contributed by atoms with E-state index in [2.05, 4.69) is 17.3 Å². The monoisotopic (exact) mass is 314 g/mol. The number of benzene rings is 1. The number of hydrogen-bond donors (Lipinski definition) is 2. The third kappa shape index (κ3) is 6.20. The minimum atomic E-state index is -0.554. The van der Waals surface area contributed by atoms with Gasteiger partial charge < -0.3 is 24.8 Å². The summed E-state index contributed by atoms with van der Waals surface area (Å²) in [6, 6.07) is 7.10. The van der Waals surface area contributed by atoms with Crippen molar-refractivity contribution in [2.24, 2.45) is 0 Å². The summed E-state index contributed by atoms with van der Waals surface area (Å²) < 4.78 is 11.1. The fourth-order valence-corrected chi connectivity index (χ4v) is 2.31. The van der Waals surface area contributed by atoms with E-state index >= 15 is 0 Å². The van der Waals surface area contributed by atoms with E-state index < -0.39 is 6.10 Å². The third-order valence-electron chi connectivity index (χ3n) is 3.35. The zero-order valence-electron chi connectivity index (χ0n) is 12.3. The maximum atomic E-state index is 9.88. The van der Waals surface area contributed by atoms with Crippen molar-refractivity contribution < 1.29 is 14.6 Å². The summed E-state index contributed by atoms with van der Waals surface area (Å²) in [4.78, 5) is 2.25. The van der Waals surface area contributed by atoms with Gasteiger partial charge in [0.15, 0.2) is 0 Å². The van der Waals surface area contributed by atoms with Crippen LogP contribution >= 0.6 is 11.6 Å². The Morgan fingerprint density at radius 3 is 2.95 bits per heavy atom. The van der Waals surface area contributed by atoms with E-state index in [1.54, 1.807) is 24.3 Å². The standard InChI is InChI=1S/C15H23ClN2O3/c1-18-6-7-20-15(10-18)9-17-8-13(19)11-21-14-4-2-12(16)3-5-14/h2-5,13,15,17,19H,6-11H2,1H3/t13-,15+/m0/s1. The number of aliphatic hydroxyl groups excluding tert-OH is 1. The summed E-state index contributed by atoms with van der Waals surface area (Å²) in [5.74, 6) is 0.704. The van der Waals surface area contributed by atoms with Gasteiger partial charge in [-0.05, 0) is 31.3 Å². The Morgan fingerprint density at radius 1 is 1.48 bits per heavy atom. The molecule has 0 unspecified atom stereocenters. The van der Waals surface area contributed by atoms with Crippen molar-refractivity contribution in [1.82, 2.24) is 10.2 Å². The van der Waals surface area contributed by atoms with Crippen molar-refractivity contribution in [3.63, 3.8) is 0 Å². The lowest BCUT2D eigenvalue weighted by atomic mass is 10.2. The van der Waals surface area contributed by atoms with Crippen LogP contribution in [0.1, 0.15) is 0 Å². The van der Waals surface area contributed by atoms with Crippen LogP contribution in [0.25, 0.3) is 0 Å². The lowest BCUT2D eigenvalue weighted by Gasteiger charge is -2.30. The predicted molar refractivity (Wildman–Crippen MR) is 83.1 cm³/mol. The Hall–Kier alpha value is -0.850. The number of aliphatic hydroxyl groups is 1. The molecule has 2 rings (SSSR count). The van der Waals surface area contributed by atoms with E-state index in [1.807, 2.05) is 0 Å². The molecule has 0 saturated carbocycles. The molecule has 6 heteroatoms. The Bertz CT molecular complexity index is 416. The Balaban J connectivity index is 1.59. The van der Waals surface area contributed by atoms with Crippen LogP contribution in [0.3, 0.4) is 0 Å². The molecule has 1 heterocycles. The first-order chi connectivity index (χ1) is 10.1. The van der Waals surface area contributed by atoms with E-state index in [-0.39, 0.29) is 12.7 Å². The highest BCUT2D eigenvalue weighted by Gasteiger charge is 2.17. The molecule has 1 aromatic carbocycles. The minimum absolute atomic E-state index is 0.188. The Labute approximate surface area is 130 Å². The number of hydrogen-bond acceptors (Lipinski definition) is 5. The number of nitrogens with one attached hydrogen (secondary N) is 1. The van der Waals surface area contributed by atoms with Crippen LogP contribution in [-0.2, 0) is 4.74 Å². The minimum Gasteiger partial charge on any atom is -0.491 e. The van der Waals surface area contributed by atoms with Crippen molar-refractivity contribution in [1.29, 1.82) is 0 Å². The summed E-state index contributed by atoms with van der Waals surface area (Å²) in [5.41, 5.74) is 0. The maximum Gasteiger partial charge on any atom is 0.119 e. The SMILES string of the molecule is CN1CCO[C@H](CNC[C@H](O)COc2ccc(Cl)cc2)C1. The van der Waals surface area contributed by atoms with Crippen LogP contribution in [0.5, 0.6) is 5.75 Å². The summed E-state index contributed by atoms with van der Waals surface area (Å²) in [7, 11) is 2.09. The number of ether oxygens (including phenoxy) is 2. The average molecular weight is 315 g/mol. The van der Waals surface area contributed by atoms with Crippen LogP contribution in [0.15, 0.2) is 24.3 Å². The molecule has 118 valence electrons. The summed E-state index contributed by atoms with van der Waals surface area (Å²) in [5, 5.41) is 13.8. The van der Waals surface area contributed by atoms with Crippen molar-refractivity contribution in [3.05, 3.63) is 29.3 Å². The first-order valence-corrected chi connectivity index (χ1v) is 7.58. The predicted octanol–water partition coefficient (Wildman–Crippen LogP) is 1.000. The zero-order chi connectivity index (χ0) is 15.1. The molecule has 0 aromatic heterocycles. The second-order valence-corrected chi connectivity index (χ2v) is 5.77. The van der Waals surface area contributed by atoms with E-state index in [4.69, 9.17) is 21.1 Å². The molecule has 0 aliphatic carbocycles. The first kappa shape index (κ1) is 16.5. The van der Waals surface area contributed by atoms with Crippen LogP contribution in [0, 0.1) is 0 Å². The molecule has 2 N–H and O–H groups in total. The molecule has 1 aromatic rings. The lowest BCUT2D eigenvalue weighted by Crippen LogP contribution is -2.46. The molecule has 0 spiro atoms. The molecule has 0 bridgehead atoms. The average Bonchev–Trinajstić information content (AvgIpc) is 2.47. The van der Waals surface area contributed by atoms with Crippen LogP contribution in [0.2, 0.25) is 5.02 Å². The van der Waals surface area contributed by atoms with Crippen molar-refractivity contribution in [3.8, 4) is 5.75 Å². The van der Waals surface area contributed by atoms with Gasteiger partial charge >= 0.3 is 0 Å². The normalized spacial score (nSPS) is 21.2. The quantitative estimate of drug-likeness (QED) is 0.786. The third-order valence-corrected chi connectivity index (χ3v) is 3.60. The Morgan fingerprint density at radius 2 is 2.24 bits per heavy atom. The van der Waals surface area contributed by atoms with Gasteiger partial charge in [-0.25, -0.2) is 0 Å². The topological polar surface area (TPSA) is 54.0 Å². The van der Waals surface area contributed by atoms with Crippen LogP contribution < -0.4 is 10.1 Å². The maximum absolute atomic E-state index is 9.88. The fourth-order valence-electron chi connectivity index (χ4n) is 2.18. The van der Waals surface area contributed by atoms with E-state index in [1.165, 1.54) is 0 Å². The molecule has 0 amide bonds. The van der Waals surface area contributed by atoms with Gasteiger partial charge in [-0.2, -0.15) is 0 Å². The van der Waals surface area contributed by atoms with Gasteiger partial charge in [0.2, 0.25) is 0 Å². The Kier molecular flexibility index (Phi) is 6.73. The first-order valence-electron chi connectivity index (χ1n) is 7.21. The van der Waals surface area contributed by atoms with Crippen LogP contribution in [0.4, 0.5) is 0 Å². The largest absolute Gasteiger partial charge is 0.491 e. The van der Waals surface area contributed by atoms with Gasteiger partial charge in [0.25, 0.3) is 0 Å². The number of nitrogens with zero attached hydrogens (tertiary/aromatic N) is 1. The second kappa shape index (κ2) is 8.56.